The lowest BCUT2D eigenvalue weighted by atomic mass is 9.84. The summed E-state index contributed by atoms with van der Waals surface area (Å²) in [7, 11) is 0. The van der Waals surface area contributed by atoms with Crippen LogP contribution in [0.3, 0.4) is 0 Å². The van der Waals surface area contributed by atoms with Gasteiger partial charge in [0.15, 0.2) is 0 Å². The maximum atomic E-state index is 9.53. The van der Waals surface area contributed by atoms with Crippen molar-refractivity contribution in [1.29, 1.82) is 0 Å². The number of hydrogen-bond donors (Lipinski definition) is 0. The minimum Gasteiger partial charge on any atom is -0.135 e. The van der Waals surface area contributed by atoms with E-state index in [9.17, 15) is 24.7 Å². The van der Waals surface area contributed by atoms with Crippen LogP contribution in [0.5, 0.6) is 0 Å². The van der Waals surface area contributed by atoms with E-state index in [1.54, 1.807) is 22.7 Å². The fourth-order valence-electron chi connectivity index (χ4n) is 17.1. The number of rotatable bonds is 8. The van der Waals surface area contributed by atoms with E-state index < -0.39 is 271 Å². The zero-order valence-corrected chi connectivity index (χ0v) is 66.1. The van der Waals surface area contributed by atoms with Gasteiger partial charge in [-0.05, 0) is 234 Å². The fourth-order valence-corrected chi connectivity index (χ4v) is 20.3. The molecule has 3 heteroatoms. The molecule has 0 atom stereocenters. The van der Waals surface area contributed by atoms with Gasteiger partial charge in [0.1, 0.15) is 0 Å². The number of thiophene rings is 3. The van der Waals surface area contributed by atoms with Crippen LogP contribution in [0.15, 0.2) is 448 Å². The van der Waals surface area contributed by atoms with Crippen LogP contribution in [0.25, 0.3) is 246 Å². The topological polar surface area (TPSA) is 0 Å². The van der Waals surface area contributed by atoms with Crippen molar-refractivity contribution in [1.82, 2.24) is 0 Å². The molecule has 0 amide bonds. The summed E-state index contributed by atoms with van der Waals surface area (Å²) < 4.78 is 381. The summed E-state index contributed by atoms with van der Waals surface area (Å²) in [6.45, 7) is 0. The average Bonchev–Trinajstić information content (AvgIpc) is 0.844. The molecule has 0 unspecified atom stereocenters. The van der Waals surface area contributed by atoms with Crippen molar-refractivity contribution >= 4 is 191 Å². The summed E-state index contributed by atoms with van der Waals surface area (Å²) >= 11 is 3.93. The summed E-state index contributed by atoms with van der Waals surface area (Å²) in [6.07, 6.45) is 0. The van der Waals surface area contributed by atoms with Gasteiger partial charge in [0.05, 0.1) is 57.6 Å². The molecule has 0 aliphatic carbocycles. The molecule has 0 radical (unpaired) electrons. The maximum Gasteiger partial charge on any atom is 0.0638 e. The number of hydrogen-bond acceptors (Lipinski definition) is 3. The Balaban J connectivity index is 0.000000132. The predicted molar refractivity (Wildman–Crippen MR) is 539 cm³/mol. The molecular formula is C120H74S3. The largest absolute Gasteiger partial charge is 0.135 e. The Morgan fingerprint density at radius 2 is 0.512 bits per heavy atom. The highest BCUT2D eigenvalue weighted by Crippen LogP contribution is 2.53. The Kier molecular flexibility index (Phi) is 10.1. The zero-order chi connectivity index (χ0) is 118. The fraction of sp³-hybridized carbons (Fsp3) is 0. The van der Waals surface area contributed by atoms with Crippen LogP contribution in [-0.4, -0.2) is 0 Å². The molecule has 0 fully saturated rings. The summed E-state index contributed by atoms with van der Waals surface area (Å²) in [5, 5.41) is 5.02. The normalized spacial score (nSPS) is 16.5. The second-order valence-electron chi connectivity index (χ2n) is 29.0. The molecule has 3 aromatic heterocycles. The Hall–Kier alpha value is -14.9. The Morgan fingerprint density at radius 1 is 0.154 bits per heavy atom. The smallest absolute Gasteiger partial charge is 0.0638 e. The third-order valence-electron chi connectivity index (χ3n) is 22.4. The van der Waals surface area contributed by atoms with Crippen LogP contribution in [0, 0.1) is 0 Å². The van der Waals surface area contributed by atoms with Gasteiger partial charge in [-0.15, -0.1) is 34.0 Å². The number of benzene rings is 23. The van der Waals surface area contributed by atoms with Crippen LogP contribution in [0.2, 0.25) is 0 Å². The Morgan fingerprint density at radius 3 is 1.07 bits per heavy atom. The van der Waals surface area contributed by atoms with Gasteiger partial charge in [0, 0.05) is 60.5 Å². The van der Waals surface area contributed by atoms with E-state index in [4.69, 9.17) is 32.9 Å². The van der Waals surface area contributed by atoms with Crippen molar-refractivity contribution in [3.05, 3.63) is 448 Å². The average molecular weight is 1650 g/mol. The number of fused-ring (bicyclic) bond motifs is 18. The standard InChI is InChI=1S/2C42H26S.C36H22S/c1-2-13-30-27(11-1)12-9-19-31(30)28-23-25-29(26-24-28)40-32-14-3-5-16-34(32)41(35-17-6-4-15-33(35)40)37-20-10-22-39-42(37)36-18-7-8-21-38(36)43-39;1-2-12-31-28(10-1)11-9-18-33(31)42-36-16-5-3-14-34(36)41(35-15-4-6-17-37(35)42)29-22-20-27(21-23-29)30-24-25-40-38(26-30)32-13-7-8-19-39(32)43-40;1-2-11-24-22-25(21-20-23(24)10-1)34-26-12-3-5-14-28(26)35(29-15-6-4-13-27(29)34)31-17-9-19-33-36(31)30-16-7-8-18-32(30)37-33/h2*1-26H;1-22H/i3D,4D,5D,6D,14D,15D,16D,17D;1D,2D,3D,4D,5D,6D,7D,8D,9D,10D,11D,12D,13D,14D,15D,16D,17D,18D,19D,20D,21D,22D,23D,24D,25D,26D;3D,4D,5D,6D,12D,13D,14D,15D. The van der Waals surface area contributed by atoms with Gasteiger partial charge in [-0.25, -0.2) is 0 Å². The van der Waals surface area contributed by atoms with E-state index in [2.05, 4.69) is 24.3 Å². The molecule has 26 rings (SSSR count). The third-order valence-corrected chi connectivity index (χ3v) is 25.6. The second kappa shape index (κ2) is 30.1. The summed E-state index contributed by atoms with van der Waals surface area (Å²) in [5.74, 6) is 0. The van der Waals surface area contributed by atoms with Gasteiger partial charge >= 0.3 is 0 Å². The molecule has 572 valence electrons. The Bertz CT molecular complexity index is 11200. The van der Waals surface area contributed by atoms with Crippen molar-refractivity contribution in [2.45, 2.75) is 0 Å². The molecule has 3 heterocycles. The molecular weight excluding hydrogens is 1540 g/mol. The maximum absolute atomic E-state index is 9.53. The van der Waals surface area contributed by atoms with Gasteiger partial charge in [0.25, 0.3) is 0 Å². The van der Waals surface area contributed by atoms with Crippen molar-refractivity contribution in [2.75, 3.05) is 0 Å². The molecule has 0 bridgehead atoms. The van der Waals surface area contributed by atoms with Crippen molar-refractivity contribution in [3.8, 4) is 89.0 Å². The lowest BCUT2D eigenvalue weighted by Gasteiger charge is -2.19. The van der Waals surface area contributed by atoms with E-state index >= 15 is 0 Å². The van der Waals surface area contributed by atoms with Gasteiger partial charge in [-0.2, -0.15) is 0 Å². The third kappa shape index (κ3) is 12.2. The van der Waals surface area contributed by atoms with E-state index in [0.717, 1.165) is 73.0 Å². The highest BCUT2D eigenvalue weighted by Gasteiger charge is 2.25. The van der Waals surface area contributed by atoms with E-state index in [1.165, 1.54) is 0 Å². The Labute approximate surface area is 782 Å². The minimum absolute atomic E-state index is 0.0544. The molecule has 0 spiro atoms. The van der Waals surface area contributed by atoms with Crippen molar-refractivity contribution < 1.29 is 57.6 Å². The second-order valence-corrected chi connectivity index (χ2v) is 32.2. The highest BCUT2D eigenvalue weighted by atomic mass is 32.1. The van der Waals surface area contributed by atoms with E-state index in [-0.39, 0.29) is 112 Å². The highest BCUT2D eigenvalue weighted by molar-refractivity contribution is 7.26. The summed E-state index contributed by atoms with van der Waals surface area (Å²) in [6, 6.07) is 35.1. The monoisotopic (exact) mass is 1650 g/mol. The first-order chi connectivity index (χ1) is 78.5. The minimum atomic E-state index is -1.04. The molecule has 23 aromatic carbocycles. The molecule has 0 saturated carbocycles. The molecule has 0 saturated heterocycles. The lowest BCUT2D eigenvalue weighted by molar-refractivity contribution is 1.63. The van der Waals surface area contributed by atoms with E-state index in [1.807, 2.05) is 170 Å². The first-order valence-corrected chi connectivity index (χ1v) is 41.3. The van der Waals surface area contributed by atoms with Crippen molar-refractivity contribution in [3.63, 3.8) is 0 Å². The molecule has 0 aliphatic heterocycles. The van der Waals surface area contributed by atoms with Crippen LogP contribution >= 0.6 is 34.0 Å². The van der Waals surface area contributed by atoms with Crippen molar-refractivity contribution in [2.24, 2.45) is 0 Å². The van der Waals surface area contributed by atoms with Crippen LogP contribution < -0.4 is 0 Å². The summed E-state index contributed by atoms with van der Waals surface area (Å²) in [4.78, 5) is 0. The zero-order valence-electron chi connectivity index (χ0n) is 106. The van der Waals surface area contributed by atoms with Crippen LogP contribution in [0.4, 0.5) is 0 Å². The van der Waals surface area contributed by atoms with Gasteiger partial charge in [-0.1, -0.05) is 399 Å². The first kappa shape index (κ1) is 41.4. The first-order valence-electron chi connectivity index (χ1n) is 59.8. The molecule has 26 aromatic rings. The predicted octanol–water partition coefficient (Wildman–Crippen LogP) is 35.9. The van der Waals surface area contributed by atoms with Gasteiger partial charge in [-0.3, -0.25) is 0 Å². The SMILES string of the molecule is [2H]c1c([2H])c(-c2c3c([2H])c([2H])c([2H])c([2H])c3c(-c3c([2H])c([2H])c([2H])c4c([2H])c([2H])c([2H])c([2H])c34)c3c([2H])c([2H])c([2H])c([2H])c23)c([2H])c([2H])c1-c1c([2H])c([2H])c2sc3c([2H])c([2H])c([2H])c([2H])c3c2c1[2H].[2H]c1c([2H])c([2H])c2c(-c3cccc4sc5ccccc5c34)c3c([2H])c([2H])c([2H])c([2H])c3c(-c3ccc(-c4cccc5ccccc45)cc3)c2c1[2H].[2H]c1c([2H])c([2H])c2c(-c3cccc4sc5ccccc5c34)c3c([2H])c([2H])c([2H])c([2H])c3c(-c3ccc4ccccc4c3)c2c1[2H]. The lowest BCUT2D eigenvalue weighted by Crippen LogP contribution is -1.91. The van der Waals surface area contributed by atoms with E-state index in [0.29, 0.717) is 55.8 Å². The molecule has 0 N–H and O–H groups in total. The quantitative estimate of drug-likeness (QED) is 0.133. The molecule has 0 nitrogen and oxygen atoms in total. The summed E-state index contributed by atoms with van der Waals surface area (Å²) in [5.41, 5.74) is 1.59. The van der Waals surface area contributed by atoms with Crippen LogP contribution in [-0.2, 0) is 0 Å². The molecule has 0 aliphatic rings. The van der Waals surface area contributed by atoms with Gasteiger partial charge < -0.3 is 0 Å². The molecule has 123 heavy (non-hydrogen) atoms. The van der Waals surface area contributed by atoms with Gasteiger partial charge in [0.2, 0.25) is 0 Å². The van der Waals surface area contributed by atoms with Crippen LogP contribution in [0.1, 0.15) is 57.6 Å².